The van der Waals surface area contributed by atoms with Crippen LogP contribution in [0.4, 0.5) is 0 Å². The molecule has 2 rings (SSSR count). The van der Waals surface area contributed by atoms with Crippen molar-refractivity contribution in [2.75, 3.05) is 0 Å². The summed E-state index contributed by atoms with van der Waals surface area (Å²) in [5.74, 6) is -0.375. The second-order valence-corrected chi connectivity index (χ2v) is 4.50. The highest BCUT2D eigenvalue weighted by molar-refractivity contribution is 6.08. The lowest BCUT2D eigenvalue weighted by Crippen LogP contribution is -2.39. The van der Waals surface area contributed by atoms with E-state index in [4.69, 9.17) is 0 Å². The van der Waals surface area contributed by atoms with Crippen molar-refractivity contribution in [3.63, 3.8) is 0 Å². The summed E-state index contributed by atoms with van der Waals surface area (Å²) in [4.78, 5) is 35.8. The van der Waals surface area contributed by atoms with Gasteiger partial charge in [-0.2, -0.15) is 0 Å². The summed E-state index contributed by atoms with van der Waals surface area (Å²) >= 11 is 0. The molecular weight excluding hydrogens is 244 g/mol. The largest absolute Gasteiger partial charge is 0.330 e. The van der Waals surface area contributed by atoms with Gasteiger partial charge in [0.05, 0.1) is 0 Å². The van der Waals surface area contributed by atoms with E-state index in [1.807, 2.05) is 13.0 Å². The number of nitrogens with zero attached hydrogens (tertiary/aromatic N) is 2. The third-order valence-corrected chi connectivity index (χ3v) is 2.97. The van der Waals surface area contributed by atoms with Gasteiger partial charge >= 0.3 is 5.69 Å². The fourth-order valence-electron chi connectivity index (χ4n) is 1.91. The first-order chi connectivity index (χ1) is 8.91. The van der Waals surface area contributed by atoms with Crippen LogP contribution in [-0.2, 0) is 14.1 Å². The van der Waals surface area contributed by atoms with Crippen LogP contribution in [0, 0.1) is 6.92 Å². The summed E-state index contributed by atoms with van der Waals surface area (Å²) in [7, 11) is 2.87. The van der Waals surface area contributed by atoms with Crippen LogP contribution >= 0.6 is 0 Å². The number of aryl methyl sites for hydroxylation is 2. The van der Waals surface area contributed by atoms with Gasteiger partial charge in [-0.15, -0.1) is 0 Å². The van der Waals surface area contributed by atoms with Gasteiger partial charge in [0, 0.05) is 25.9 Å². The maximum Gasteiger partial charge on any atom is 0.330 e. The van der Waals surface area contributed by atoms with Crippen molar-refractivity contribution >= 4 is 5.78 Å². The number of aromatic nitrogens is 2. The Hall–Kier alpha value is -2.43. The Bertz CT molecular complexity index is 769. The van der Waals surface area contributed by atoms with E-state index in [0.717, 1.165) is 10.1 Å². The third-order valence-electron chi connectivity index (χ3n) is 2.97. The number of rotatable bonds is 2. The number of hydrogen-bond donors (Lipinski definition) is 0. The van der Waals surface area contributed by atoms with Crippen molar-refractivity contribution < 1.29 is 4.79 Å². The van der Waals surface area contributed by atoms with Gasteiger partial charge in [-0.25, -0.2) is 4.79 Å². The van der Waals surface area contributed by atoms with Crippen LogP contribution in [0.2, 0.25) is 0 Å². The minimum absolute atomic E-state index is 0.00444. The molecule has 0 spiro atoms. The molecule has 0 unspecified atom stereocenters. The molecule has 0 amide bonds. The van der Waals surface area contributed by atoms with Gasteiger partial charge in [-0.1, -0.05) is 23.8 Å². The van der Waals surface area contributed by atoms with Crippen LogP contribution < -0.4 is 11.2 Å². The molecule has 0 N–H and O–H groups in total. The second-order valence-electron chi connectivity index (χ2n) is 4.50. The van der Waals surface area contributed by atoms with Gasteiger partial charge < -0.3 is 4.57 Å². The zero-order valence-corrected chi connectivity index (χ0v) is 11.0. The van der Waals surface area contributed by atoms with Crippen LogP contribution in [0.1, 0.15) is 21.5 Å². The van der Waals surface area contributed by atoms with Crippen molar-refractivity contribution in [2.24, 2.45) is 14.1 Å². The molecule has 0 saturated carbocycles. The van der Waals surface area contributed by atoms with Gasteiger partial charge in [0.1, 0.15) is 5.56 Å². The van der Waals surface area contributed by atoms with E-state index in [1.54, 1.807) is 18.2 Å². The molecule has 0 bridgehead atoms. The van der Waals surface area contributed by atoms with Crippen LogP contribution in [0.3, 0.4) is 0 Å². The lowest BCUT2D eigenvalue weighted by molar-refractivity contribution is 0.103. The van der Waals surface area contributed by atoms with Crippen molar-refractivity contribution in [2.45, 2.75) is 6.92 Å². The average Bonchev–Trinajstić information content (AvgIpc) is 2.40. The molecule has 1 aromatic heterocycles. The minimum atomic E-state index is -0.574. The van der Waals surface area contributed by atoms with Crippen molar-refractivity contribution in [1.82, 2.24) is 9.13 Å². The van der Waals surface area contributed by atoms with E-state index in [-0.39, 0.29) is 11.3 Å². The summed E-state index contributed by atoms with van der Waals surface area (Å²) in [5.41, 5.74) is 0.346. The Kier molecular flexibility index (Phi) is 3.21. The van der Waals surface area contributed by atoms with Crippen molar-refractivity contribution in [1.29, 1.82) is 0 Å². The van der Waals surface area contributed by atoms with E-state index >= 15 is 0 Å². The van der Waals surface area contributed by atoms with Gasteiger partial charge in [-0.3, -0.25) is 14.2 Å². The third kappa shape index (κ3) is 2.27. The molecule has 0 aliphatic rings. The minimum Gasteiger partial charge on any atom is -0.303 e. The highest BCUT2D eigenvalue weighted by Gasteiger charge is 2.16. The molecule has 0 atom stereocenters. The van der Waals surface area contributed by atoms with Gasteiger partial charge in [0.15, 0.2) is 5.78 Å². The number of benzene rings is 1. The molecular formula is C14H14N2O3. The van der Waals surface area contributed by atoms with Crippen LogP contribution in [0.15, 0.2) is 40.1 Å². The highest BCUT2D eigenvalue weighted by Crippen LogP contribution is 2.08. The first kappa shape index (κ1) is 13.0. The quantitative estimate of drug-likeness (QED) is 0.742. The monoisotopic (exact) mass is 258 g/mol. The Labute approximate surface area is 109 Å². The number of hydrogen-bond acceptors (Lipinski definition) is 3. The Morgan fingerprint density at radius 3 is 2.47 bits per heavy atom. The molecule has 19 heavy (non-hydrogen) atoms. The second kappa shape index (κ2) is 4.68. The molecule has 5 nitrogen and oxygen atoms in total. The van der Waals surface area contributed by atoms with Gasteiger partial charge in [-0.05, 0) is 13.0 Å². The fourth-order valence-corrected chi connectivity index (χ4v) is 1.91. The summed E-state index contributed by atoms with van der Waals surface area (Å²) in [6.07, 6.45) is 1.29. The molecule has 2 aromatic rings. The van der Waals surface area contributed by atoms with Crippen molar-refractivity contribution in [3.05, 3.63) is 68.0 Å². The van der Waals surface area contributed by atoms with E-state index in [1.165, 1.54) is 24.9 Å². The molecule has 0 fully saturated rings. The first-order valence-corrected chi connectivity index (χ1v) is 5.80. The van der Waals surface area contributed by atoms with Gasteiger partial charge in [0.25, 0.3) is 5.56 Å². The number of ketones is 1. The SMILES string of the molecule is Cc1cccc(C(=O)c2cn(C)c(=O)n(C)c2=O)c1. The molecule has 5 heteroatoms. The van der Waals surface area contributed by atoms with Gasteiger partial charge in [0.2, 0.25) is 0 Å². The van der Waals surface area contributed by atoms with Crippen LogP contribution in [-0.4, -0.2) is 14.9 Å². The predicted octanol–water partition coefficient (Wildman–Crippen LogP) is 0.623. The zero-order valence-electron chi connectivity index (χ0n) is 11.0. The molecule has 0 aliphatic heterocycles. The lowest BCUT2D eigenvalue weighted by atomic mass is 10.0. The summed E-state index contributed by atoms with van der Waals surface area (Å²) < 4.78 is 2.16. The molecule has 1 aromatic carbocycles. The standard InChI is InChI=1S/C14H14N2O3/c1-9-5-4-6-10(7-9)12(17)11-8-15(2)14(19)16(3)13(11)18/h4-8H,1-3H3. The fraction of sp³-hybridized carbons (Fsp3) is 0.214. The maximum absolute atomic E-state index is 12.3. The first-order valence-electron chi connectivity index (χ1n) is 5.80. The molecule has 0 aliphatic carbocycles. The van der Waals surface area contributed by atoms with E-state index in [9.17, 15) is 14.4 Å². The predicted molar refractivity (Wildman–Crippen MR) is 71.5 cm³/mol. The number of carbonyl (C=O) groups excluding carboxylic acids is 1. The zero-order chi connectivity index (χ0) is 14.2. The van der Waals surface area contributed by atoms with Crippen molar-refractivity contribution in [3.8, 4) is 0 Å². The average molecular weight is 258 g/mol. The lowest BCUT2D eigenvalue weighted by Gasteiger charge is -2.06. The van der Waals surface area contributed by atoms with Crippen LogP contribution in [0.25, 0.3) is 0 Å². The molecule has 98 valence electrons. The van der Waals surface area contributed by atoms with E-state index in [0.29, 0.717) is 5.56 Å². The summed E-state index contributed by atoms with van der Waals surface area (Å²) in [5, 5.41) is 0. The van der Waals surface area contributed by atoms with E-state index in [2.05, 4.69) is 0 Å². The van der Waals surface area contributed by atoms with E-state index < -0.39 is 11.2 Å². The molecule has 0 saturated heterocycles. The highest BCUT2D eigenvalue weighted by atomic mass is 16.2. The normalized spacial score (nSPS) is 10.5. The summed E-state index contributed by atoms with van der Waals surface area (Å²) in [6.45, 7) is 1.87. The smallest absolute Gasteiger partial charge is 0.303 e. The topological polar surface area (TPSA) is 61.1 Å². The molecule has 1 heterocycles. The number of carbonyl (C=O) groups is 1. The Morgan fingerprint density at radius 1 is 1.16 bits per heavy atom. The van der Waals surface area contributed by atoms with Crippen LogP contribution in [0.5, 0.6) is 0 Å². The molecule has 0 radical (unpaired) electrons. The Morgan fingerprint density at radius 2 is 1.84 bits per heavy atom. The Balaban J connectivity index is 2.64. The summed E-state index contributed by atoms with van der Waals surface area (Å²) in [6, 6.07) is 7.00. The maximum atomic E-state index is 12.3.